The summed E-state index contributed by atoms with van der Waals surface area (Å²) < 4.78 is 16.0. The fourth-order valence-electron chi connectivity index (χ4n) is 2.24. The van der Waals surface area contributed by atoms with Crippen molar-refractivity contribution >= 4 is 13.8 Å². The number of hydrogen-bond donors (Lipinski definition) is 0. The van der Waals surface area contributed by atoms with E-state index in [2.05, 4.69) is 39.0 Å². The monoisotopic (exact) mass is 302 g/mol. The van der Waals surface area contributed by atoms with Crippen LogP contribution in [0.3, 0.4) is 0 Å². The molecule has 0 heterocycles. The minimum absolute atomic E-state index is 0.0173. The number of aryl methyl sites for hydroxylation is 4. The molecule has 0 saturated heterocycles. The third kappa shape index (κ3) is 5.69. The van der Waals surface area contributed by atoms with Crippen molar-refractivity contribution < 1.29 is 9.30 Å². The first kappa shape index (κ1) is 17.4. The minimum atomic E-state index is 0.0173. The Morgan fingerprint density at radius 2 is 1.48 bits per heavy atom. The lowest BCUT2D eigenvalue weighted by Gasteiger charge is -2.07. The van der Waals surface area contributed by atoms with Crippen LogP contribution in [0.2, 0.25) is 0 Å². The molecule has 0 fully saturated rings. The Morgan fingerprint density at radius 1 is 0.952 bits per heavy atom. The molecule has 0 aliphatic heterocycles. The summed E-state index contributed by atoms with van der Waals surface area (Å²) in [5.74, 6) is 0.747. The van der Waals surface area contributed by atoms with Gasteiger partial charge in [0.1, 0.15) is 5.75 Å². The normalized spacial score (nSPS) is 9.95. The number of rotatable bonds is 3. The van der Waals surface area contributed by atoms with Crippen LogP contribution in [0.15, 0.2) is 36.4 Å². The van der Waals surface area contributed by atoms with Crippen LogP contribution < -0.4 is 10.0 Å². The van der Waals surface area contributed by atoms with Crippen LogP contribution in [0.5, 0.6) is 5.75 Å². The summed E-state index contributed by atoms with van der Waals surface area (Å²) in [4.78, 5) is 0. The maximum Gasteiger partial charge on any atom is 0.196 e. The average molecular weight is 302 g/mol. The largest absolute Gasteiger partial charge is 0.492 e. The number of para-hydroxylation sites is 1. The Hall–Kier alpha value is -1.66. The van der Waals surface area contributed by atoms with Gasteiger partial charge in [-0.05, 0) is 46.2 Å². The van der Waals surface area contributed by atoms with Gasteiger partial charge in [0.05, 0.1) is 11.9 Å². The minimum Gasteiger partial charge on any atom is -0.492 e. The second-order valence-electron chi connectivity index (χ2n) is 5.11. The Balaban J connectivity index is 0.000000219. The van der Waals surface area contributed by atoms with Gasteiger partial charge in [0.2, 0.25) is 0 Å². The molecular weight excluding hydrogens is 279 g/mol. The van der Waals surface area contributed by atoms with Crippen molar-refractivity contribution in [1.82, 2.24) is 0 Å². The molecule has 0 unspecified atom stereocenters. The Kier molecular flexibility index (Phi) is 7.11. The molecule has 0 bridgehead atoms. The van der Waals surface area contributed by atoms with Gasteiger partial charge >= 0.3 is 0 Å². The summed E-state index contributed by atoms with van der Waals surface area (Å²) in [5, 5.41) is 0.719. The summed E-state index contributed by atoms with van der Waals surface area (Å²) in [7, 11) is 0.0173. The van der Waals surface area contributed by atoms with Crippen LogP contribution >= 0.6 is 8.46 Å². The van der Waals surface area contributed by atoms with Gasteiger partial charge in [-0.2, -0.15) is 0 Å². The molecule has 3 heteroatoms. The highest BCUT2D eigenvalue weighted by Gasteiger charge is 2.04. The van der Waals surface area contributed by atoms with Crippen molar-refractivity contribution in [3.63, 3.8) is 0 Å². The fourth-order valence-corrected chi connectivity index (χ4v) is 2.71. The predicted octanol–water partition coefficient (Wildman–Crippen LogP) is 4.92. The van der Waals surface area contributed by atoms with Crippen molar-refractivity contribution in [2.75, 3.05) is 6.61 Å². The summed E-state index contributed by atoms with van der Waals surface area (Å²) in [6, 6.07) is 12.2. The first-order valence-corrected chi connectivity index (χ1v) is 7.89. The molecule has 2 nitrogen and oxygen atoms in total. The third-order valence-corrected chi connectivity index (χ3v) is 3.49. The van der Waals surface area contributed by atoms with Gasteiger partial charge in [0.15, 0.2) is 8.46 Å². The number of benzene rings is 2. The highest BCUT2D eigenvalue weighted by molar-refractivity contribution is 7.34. The Morgan fingerprint density at radius 3 is 1.90 bits per heavy atom. The van der Waals surface area contributed by atoms with E-state index in [-0.39, 0.29) is 8.46 Å². The molecule has 0 saturated carbocycles. The smallest absolute Gasteiger partial charge is 0.196 e. The van der Waals surface area contributed by atoms with Crippen molar-refractivity contribution in [3.05, 3.63) is 58.7 Å². The van der Waals surface area contributed by atoms with Crippen LogP contribution in [0.25, 0.3) is 0 Å². The Labute approximate surface area is 129 Å². The van der Waals surface area contributed by atoms with E-state index in [1.54, 1.807) is 6.07 Å². The summed E-state index contributed by atoms with van der Waals surface area (Å²) in [6.07, 6.45) is 0. The highest BCUT2D eigenvalue weighted by Crippen LogP contribution is 2.18. The zero-order valence-electron chi connectivity index (χ0n) is 13.4. The molecule has 0 N–H and O–H groups in total. The van der Waals surface area contributed by atoms with Gasteiger partial charge in [0.25, 0.3) is 0 Å². The standard InChI is InChI=1S/C9H11O2P.C9H12/c1-3-11-9-7(2)5-4-6-8(9)12-10;1-7-4-8(2)6-9(3)5-7/h4-6H,3H2,1-2H3;4-6H,1-3H3. The molecule has 0 aromatic heterocycles. The van der Waals surface area contributed by atoms with E-state index in [9.17, 15) is 4.57 Å². The van der Waals surface area contributed by atoms with Crippen molar-refractivity contribution in [1.29, 1.82) is 0 Å². The SMILES string of the molecule is CCOc1c(C)cccc1P=O.Cc1cc(C)cc(C)c1. The van der Waals surface area contributed by atoms with Crippen molar-refractivity contribution in [2.24, 2.45) is 0 Å². The average Bonchev–Trinajstić information content (AvgIpc) is 2.40. The first-order chi connectivity index (χ1) is 9.97. The van der Waals surface area contributed by atoms with Crippen LogP contribution in [0.1, 0.15) is 29.2 Å². The molecule has 0 spiro atoms. The molecule has 0 radical (unpaired) electrons. The molecule has 2 aromatic rings. The van der Waals surface area contributed by atoms with E-state index in [0.717, 1.165) is 16.6 Å². The van der Waals surface area contributed by atoms with Gasteiger partial charge in [-0.15, -0.1) is 0 Å². The molecule has 0 aliphatic carbocycles. The van der Waals surface area contributed by atoms with Gasteiger partial charge in [-0.3, -0.25) is 4.57 Å². The maximum absolute atomic E-state index is 10.7. The predicted molar refractivity (Wildman–Crippen MR) is 90.2 cm³/mol. The van der Waals surface area contributed by atoms with E-state index in [1.807, 2.05) is 26.0 Å². The zero-order chi connectivity index (χ0) is 15.8. The van der Waals surface area contributed by atoms with E-state index in [1.165, 1.54) is 16.7 Å². The highest BCUT2D eigenvalue weighted by atomic mass is 31.1. The first-order valence-electron chi connectivity index (χ1n) is 7.08. The lowest BCUT2D eigenvalue weighted by molar-refractivity contribution is 0.340. The lowest BCUT2D eigenvalue weighted by atomic mass is 10.1. The molecule has 0 aliphatic rings. The zero-order valence-corrected chi connectivity index (χ0v) is 14.3. The fraction of sp³-hybridized carbons (Fsp3) is 0.333. The number of ether oxygens (including phenoxy) is 1. The molecule has 0 amide bonds. The summed E-state index contributed by atoms with van der Waals surface area (Å²) in [5.41, 5.74) is 5.09. The molecule has 0 atom stereocenters. The van der Waals surface area contributed by atoms with E-state index in [0.29, 0.717) is 6.61 Å². The van der Waals surface area contributed by atoms with Gasteiger partial charge < -0.3 is 4.74 Å². The van der Waals surface area contributed by atoms with E-state index in [4.69, 9.17) is 4.74 Å². The van der Waals surface area contributed by atoms with E-state index < -0.39 is 0 Å². The third-order valence-electron chi connectivity index (χ3n) is 2.94. The van der Waals surface area contributed by atoms with Crippen molar-refractivity contribution in [3.8, 4) is 5.75 Å². The molecule has 21 heavy (non-hydrogen) atoms. The van der Waals surface area contributed by atoms with Gasteiger partial charge in [-0.25, -0.2) is 0 Å². The molecule has 2 aromatic carbocycles. The van der Waals surface area contributed by atoms with Crippen LogP contribution in [-0.2, 0) is 4.57 Å². The lowest BCUT2D eigenvalue weighted by Crippen LogP contribution is -2.04. The summed E-state index contributed by atoms with van der Waals surface area (Å²) in [6.45, 7) is 10.8. The second-order valence-corrected chi connectivity index (χ2v) is 5.78. The van der Waals surface area contributed by atoms with Crippen LogP contribution in [0, 0.1) is 27.7 Å². The van der Waals surface area contributed by atoms with Gasteiger partial charge in [-0.1, -0.05) is 47.0 Å². The molecular formula is C18H23O2P. The van der Waals surface area contributed by atoms with Crippen molar-refractivity contribution in [2.45, 2.75) is 34.6 Å². The summed E-state index contributed by atoms with van der Waals surface area (Å²) >= 11 is 0. The van der Waals surface area contributed by atoms with Crippen LogP contribution in [-0.4, -0.2) is 6.61 Å². The Bertz CT molecular complexity index is 556. The quantitative estimate of drug-likeness (QED) is 0.752. The second kappa shape index (κ2) is 8.59. The van der Waals surface area contributed by atoms with Gasteiger partial charge in [0, 0.05) is 0 Å². The van der Waals surface area contributed by atoms with E-state index >= 15 is 0 Å². The maximum atomic E-state index is 10.7. The number of hydrogen-bond acceptors (Lipinski definition) is 2. The molecule has 2 rings (SSSR count). The topological polar surface area (TPSA) is 26.3 Å². The van der Waals surface area contributed by atoms with Crippen LogP contribution in [0.4, 0.5) is 0 Å². The molecule has 112 valence electrons.